The predicted octanol–water partition coefficient (Wildman–Crippen LogP) is 1.87. The van der Waals surface area contributed by atoms with Gasteiger partial charge < -0.3 is 10.5 Å². The van der Waals surface area contributed by atoms with Gasteiger partial charge in [-0.05, 0) is 26.8 Å². The summed E-state index contributed by atoms with van der Waals surface area (Å²) < 4.78 is 5.13. The summed E-state index contributed by atoms with van der Waals surface area (Å²) in [5.74, 6) is -0.501. The number of carbonyl (C=O) groups is 1. The standard InChI is InChI=1S/C11H16N2O4S/c1-11(2,3)17-10(14)8(12)6-7-4-5-9(18-7)13(15)16/h4-5,8H,6,12H2,1-3H3/t8-/m0/s1. The maximum atomic E-state index is 11.6. The van der Waals surface area contributed by atoms with Crippen molar-refractivity contribution < 1.29 is 14.5 Å². The molecule has 0 amide bonds. The lowest BCUT2D eigenvalue weighted by Crippen LogP contribution is -2.38. The van der Waals surface area contributed by atoms with E-state index in [4.69, 9.17) is 10.5 Å². The van der Waals surface area contributed by atoms with Crippen LogP contribution in [0.5, 0.6) is 0 Å². The molecule has 2 N–H and O–H groups in total. The van der Waals surface area contributed by atoms with Crippen molar-refractivity contribution in [3.05, 3.63) is 27.1 Å². The molecule has 0 aliphatic heterocycles. The fourth-order valence-corrected chi connectivity index (χ4v) is 2.13. The van der Waals surface area contributed by atoms with Gasteiger partial charge >= 0.3 is 11.0 Å². The minimum Gasteiger partial charge on any atom is -0.459 e. The zero-order valence-corrected chi connectivity index (χ0v) is 11.3. The van der Waals surface area contributed by atoms with Gasteiger partial charge in [0.25, 0.3) is 0 Å². The van der Waals surface area contributed by atoms with E-state index in [1.165, 1.54) is 6.07 Å². The average molecular weight is 272 g/mol. The topological polar surface area (TPSA) is 95.5 Å². The van der Waals surface area contributed by atoms with Gasteiger partial charge in [-0.1, -0.05) is 11.3 Å². The van der Waals surface area contributed by atoms with Crippen molar-refractivity contribution >= 4 is 22.3 Å². The van der Waals surface area contributed by atoms with E-state index < -0.39 is 22.5 Å². The summed E-state index contributed by atoms with van der Waals surface area (Å²) in [5, 5.41) is 10.6. The Labute approximate surface area is 109 Å². The number of hydrogen-bond acceptors (Lipinski definition) is 6. The van der Waals surface area contributed by atoms with Crippen molar-refractivity contribution in [2.75, 3.05) is 0 Å². The van der Waals surface area contributed by atoms with E-state index in [0.29, 0.717) is 4.88 Å². The molecule has 0 radical (unpaired) electrons. The smallest absolute Gasteiger partial charge is 0.324 e. The van der Waals surface area contributed by atoms with Crippen LogP contribution in [0.2, 0.25) is 0 Å². The molecule has 6 nitrogen and oxygen atoms in total. The van der Waals surface area contributed by atoms with E-state index in [2.05, 4.69) is 0 Å². The van der Waals surface area contributed by atoms with Gasteiger partial charge in [-0.15, -0.1) is 0 Å². The molecular formula is C11H16N2O4S. The highest BCUT2D eigenvalue weighted by molar-refractivity contribution is 7.15. The van der Waals surface area contributed by atoms with E-state index in [-0.39, 0.29) is 11.4 Å². The second-order valence-electron chi connectivity index (χ2n) is 4.84. The van der Waals surface area contributed by atoms with Crippen molar-refractivity contribution in [3.8, 4) is 0 Å². The molecule has 0 saturated carbocycles. The maximum Gasteiger partial charge on any atom is 0.324 e. The van der Waals surface area contributed by atoms with E-state index in [9.17, 15) is 14.9 Å². The Balaban J connectivity index is 2.61. The van der Waals surface area contributed by atoms with Gasteiger partial charge in [-0.25, -0.2) is 0 Å². The molecule has 0 unspecified atom stereocenters. The quantitative estimate of drug-likeness (QED) is 0.513. The van der Waals surface area contributed by atoms with Crippen molar-refractivity contribution in [1.82, 2.24) is 0 Å². The van der Waals surface area contributed by atoms with Crippen molar-refractivity contribution in [2.24, 2.45) is 5.73 Å². The van der Waals surface area contributed by atoms with E-state index in [1.54, 1.807) is 26.8 Å². The second-order valence-corrected chi connectivity index (χ2v) is 5.99. The third kappa shape index (κ3) is 4.42. The molecule has 100 valence electrons. The third-order valence-corrected chi connectivity index (χ3v) is 3.02. The lowest BCUT2D eigenvalue weighted by atomic mass is 10.1. The molecule has 1 aromatic rings. The van der Waals surface area contributed by atoms with Crippen molar-refractivity contribution in [1.29, 1.82) is 0 Å². The fourth-order valence-electron chi connectivity index (χ4n) is 1.25. The van der Waals surface area contributed by atoms with Crippen molar-refractivity contribution in [3.63, 3.8) is 0 Å². The second kappa shape index (κ2) is 5.45. The normalized spacial score (nSPS) is 13.1. The van der Waals surface area contributed by atoms with Crippen LogP contribution in [0.15, 0.2) is 12.1 Å². The zero-order chi connectivity index (χ0) is 13.9. The Morgan fingerprint density at radius 2 is 2.17 bits per heavy atom. The third-order valence-electron chi connectivity index (χ3n) is 1.96. The van der Waals surface area contributed by atoms with E-state index >= 15 is 0 Å². The van der Waals surface area contributed by atoms with Crippen molar-refractivity contribution in [2.45, 2.75) is 38.8 Å². The summed E-state index contributed by atoms with van der Waals surface area (Å²) in [4.78, 5) is 22.4. The Bertz CT molecular complexity index is 450. The number of carbonyl (C=O) groups excluding carboxylic acids is 1. The molecule has 0 aromatic carbocycles. The monoisotopic (exact) mass is 272 g/mol. The molecule has 0 bridgehead atoms. The molecule has 1 aromatic heterocycles. The lowest BCUT2D eigenvalue weighted by Gasteiger charge is -2.21. The highest BCUT2D eigenvalue weighted by atomic mass is 32.1. The molecule has 0 aliphatic carbocycles. The molecule has 0 aliphatic rings. The summed E-state index contributed by atoms with van der Waals surface area (Å²) in [6.07, 6.45) is 0.243. The first-order chi connectivity index (χ1) is 8.19. The molecule has 1 atom stereocenters. The Morgan fingerprint density at radius 3 is 2.61 bits per heavy atom. The summed E-state index contributed by atoms with van der Waals surface area (Å²) in [6.45, 7) is 5.27. The largest absolute Gasteiger partial charge is 0.459 e. The van der Waals surface area contributed by atoms with Gasteiger partial charge in [0.1, 0.15) is 11.6 Å². The van der Waals surface area contributed by atoms with Crippen LogP contribution in [-0.2, 0) is 16.0 Å². The number of nitrogens with two attached hydrogens (primary N) is 1. The molecule has 0 saturated heterocycles. The van der Waals surface area contributed by atoms with Gasteiger partial charge in [0.05, 0.1) is 4.92 Å². The number of nitrogens with zero attached hydrogens (tertiary/aromatic N) is 1. The molecular weight excluding hydrogens is 256 g/mol. The minimum atomic E-state index is -0.803. The Morgan fingerprint density at radius 1 is 1.56 bits per heavy atom. The van der Waals surface area contributed by atoms with Crippen LogP contribution in [0.4, 0.5) is 5.00 Å². The van der Waals surface area contributed by atoms with Crippen LogP contribution < -0.4 is 5.73 Å². The minimum absolute atomic E-state index is 0.0430. The van der Waals surface area contributed by atoms with Crippen LogP contribution in [0.3, 0.4) is 0 Å². The summed E-state index contributed by atoms with van der Waals surface area (Å²) in [5.41, 5.74) is 5.12. The Kier molecular flexibility index (Phi) is 4.42. The number of esters is 1. The molecule has 7 heteroatoms. The number of rotatable bonds is 4. The molecule has 18 heavy (non-hydrogen) atoms. The summed E-state index contributed by atoms with van der Waals surface area (Å²) >= 11 is 1.02. The predicted molar refractivity (Wildman–Crippen MR) is 68.5 cm³/mol. The highest BCUT2D eigenvalue weighted by Gasteiger charge is 2.23. The van der Waals surface area contributed by atoms with Gasteiger partial charge in [-0.3, -0.25) is 14.9 Å². The molecule has 0 spiro atoms. The molecule has 1 heterocycles. The van der Waals surface area contributed by atoms with Gasteiger partial charge in [0, 0.05) is 17.4 Å². The van der Waals surface area contributed by atoms with Gasteiger partial charge in [0.15, 0.2) is 0 Å². The van der Waals surface area contributed by atoms with E-state index in [1.807, 2.05) is 0 Å². The first kappa shape index (κ1) is 14.6. The van der Waals surface area contributed by atoms with Crippen LogP contribution in [0, 0.1) is 10.1 Å². The van der Waals surface area contributed by atoms with Crippen LogP contribution >= 0.6 is 11.3 Å². The highest BCUT2D eigenvalue weighted by Crippen LogP contribution is 2.25. The molecule has 1 rings (SSSR count). The fraction of sp³-hybridized carbons (Fsp3) is 0.545. The number of hydrogen-bond donors (Lipinski definition) is 1. The first-order valence-corrected chi connectivity index (χ1v) is 6.22. The summed E-state index contributed by atoms with van der Waals surface area (Å²) in [7, 11) is 0. The zero-order valence-electron chi connectivity index (χ0n) is 10.5. The molecule has 0 fully saturated rings. The van der Waals surface area contributed by atoms with Crippen LogP contribution in [-0.4, -0.2) is 22.5 Å². The maximum absolute atomic E-state index is 11.6. The number of thiophene rings is 1. The summed E-state index contributed by atoms with van der Waals surface area (Å²) in [6, 6.07) is 2.21. The van der Waals surface area contributed by atoms with Gasteiger partial charge in [-0.2, -0.15) is 0 Å². The number of nitro groups is 1. The number of ether oxygens (including phenoxy) is 1. The van der Waals surface area contributed by atoms with Crippen LogP contribution in [0.1, 0.15) is 25.6 Å². The lowest BCUT2D eigenvalue weighted by molar-refractivity contribution is -0.380. The Hall–Kier alpha value is -1.47. The average Bonchev–Trinajstić information content (AvgIpc) is 2.63. The SMILES string of the molecule is CC(C)(C)OC(=O)[C@@H](N)Cc1ccc([N+](=O)[O-])s1. The van der Waals surface area contributed by atoms with E-state index in [0.717, 1.165) is 11.3 Å². The van der Waals surface area contributed by atoms with Gasteiger partial charge in [0.2, 0.25) is 0 Å². The van der Waals surface area contributed by atoms with Crippen LogP contribution in [0.25, 0.3) is 0 Å². The first-order valence-electron chi connectivity index (χ1n) is 5.40.